The molecular formula is C16H27NO3. The van der Waals surface area contributed by atoms with Gasteiger partial charge in [0, 0.05) is 24.2 Å². The molecule has 0 fully saturated rings. The number of benzene rings is 1. The predicted octanol–water partition coefficient (Wildman–Crippen LogP) is 2.54. The molecule has 0 amide bonds. The molecule has 4 nitrogen and oxygen atoms in total. The Hall–Kier alpha value is -1.26. The molecule has 114 valence electrons. The second-order valence-corrected chi connectivity index (χ2v) is 6.16. The summed E-state index contributed by atoms with van der Waals surface area (Å²) in [6, 6.07) is 5.91. The molecule has 20 heavy (non-hydrogen) atoms. The number of hydrogen-bond donors (Lipinski definition) is 1. The highest BCUT2D eigenvalue weighted by molar-refractivity contribution is 5.40. The molecule has 1 N–H and O–H groups in total. The monoisotopic (exact) mass is 281 g/mol. The van der Waals surface area contributed by atoms with E-state index in [-0.39, 0.29) is 18.1 Å². The smallest absolute Gasteiger partial charge is 0.127 e. The first-order valence-electron chi connectivity index (χ1n) is 6.85. The van der Waals surface area contributed by atoms with Crippen LogP contribution in [-0.2, 0) is 6.54 Å². The van der Waals surface area contributed by atoms with Crippen molar-refractivity contribution < 1.29 is 14.6 Å². The number of methoxy groups -OCH3 is 2. The Kier molecular flexibility index (Phi) is 5.84. The van der Waals surface area contributed by atoms with Crippen molar-refractivity contribution in [2.24, 2.45) is 5.41 Å². The van der Waals surface area contributed by atoms with Crippen molar-refractivity contribution in [2.45, 2.75) is 33.4 Å². The molecule has 1 aromatic carbocycles. The summed E-state index contributed by atoms with van der Waals surface area (Å²) in [6.45, 7) is 7.26. The van der Waals surface area contributed by atoms with E-state index in [4.69, 9.17) is 9.47 Å². The van der Waals surface area contributed by atoms with Crippen LogP contribution in [-0.4, -0.2) is 43.9 Å². The minimum absolute atomic E-state index is 0.0171. The third-order valence-electron chi connectivity index (χ3n) is 3.62. The third kappa shape index (κ3) is 4.12. The molecule has 0 saturated carbocycles. The maximum Gasteiger partial charge on any atom is 0.127 e. The van der Waals surface area contributed by atoms with Crippen LogP contribution >= 0.6 is 0 Å². The van der Waals surface area contributed by atoms with E-state index < -0.39 is 0 Å². The lowest BCUT2D eigenvalue weighted by molar-refractivity contribution is 0.0609. The average molecular weight is 281 g/mol. The summed E-state index contributed by atoms with van der Waals surface area (Å²) in [4.78, 5) is 2.16. The van der Waals surface area contributed by atoms with E-state index in [1.54, 1.807) is 14.2 Å². The van der Waals surface area contributed by atoms with Crippen molar-refractivity contribution in [1.29, 1.82) is 0 Å². The van der Waals surface area contributed by atoms with Gasteiger partial charge < -0.3 is 14.6 Å². The fourth-order valence-electron chi connectivity index (χ4n) is 2.44. The second kappa shape index (κ2) is 6.95. The number of aliphatic hydroxyl groups is 1. The summed E-state index contributed by atoms with van der Waals surface area (Å²) < 4.78 is 10.6. The summed E-state index contributed by atoms with van der Waals surface area (Å²) >= 11 is 0. The van der Waals surface area contributed by atoms with Crippen LogP contribution in [0.2, 0.25) is 0 Å². The highest BCUT2D eigenvalue weighted by Crippen LogP contribution is 2.29. The lowest BCUT2D eigenvalue weighted by Crippen LogP contribution is -2.44. The van der Waals surface area contributed by atoms with E-state index in [1.807, 2.05) is 25.2 Å². The topological polar surface area (TPSA) is 41.9 Å². The summed E-state index contributed by atoms with van der Waals surface area (Å²) in [6.07, 6.45) is 0. The largest absolute Gasteiger partial charge is 0.497 e. The van der Waals surface area contributed by atoms with E-state index in [9.17, 15) is 5.11 Å². The predicted molar refractivity (Wildman–Crippen MR) is 81.3 cm³/mol. The van der Waals surface area contributed by atoms with Gasteiger partial charge in [0.15, 0.2) is 0 Å². The number of aliphatic hydroxyl groups excluding tert-OH is 1. The van der Waals surface area contributed by atoms with Gasteiger partial charge in [0.25, 0.3) is 0 Å². The van der Waals surface area contributed by atoms with Gasteiger partial charge in [0.1, 0.15) is 11.5 Å². The Balaban J connectivity index is 2.92. The minimum atomic E-state index is 0.0171. The lowest BCUT2D eigenvalue weighted by Gasteiger charge is -2.37. The molecule has 0 aliphatic carbocycles. The van der Waals surface area contributed by atoms with Crippen LogP contribution in [0.4, 0.5) is 0 Å². The van der Waals surface area contributed by atoms with Gasteiger partial charge in [-0.25, -0.2) is 0 Å². The zero-order valence-electron chi connectivity index (χ0n) is 13.4. The molecule has 0 saturated heterocycles. The van der Waals surface area contributed by atoms with Gasteiger partial charge in [0.05, 0.1) is 20.8 Å². The van der Waals surface area contributed by atoms with Crippen LogP contribution < -0.4 is 9.47 Å². The minimum Gasteiger partial charge on any atom is -0.497 e. The van der Waals surface area contributed by atoms with Crippen molar-refractivity contribution in [3.8, 4) is 11.5 Å². The van der Waals surface area contributed by atoms with E-state index in [2.05, 4.69) is 25.7 Å². The van der Waals surface area contributed by atoms with Crippen molar-refractivity contribution in [3.05, 3.63) is 23.8 Å². The molecule has 0 heterocycles. The van der Waals surface area contributed by atoms with E-state index >= 15 is 0 Å². The van der Waals surface area contributed by atoms with Crippen LogP contribution in [0.1, 0.15) is 26.3 Å². The van der Waals surface area contributed by atoms with Crippen LogP contribution in [0.25, 0.3) is 0 Å². The van der Waals surface area contributed by atoms with Crippen LogP contribution in [0.15, 0.2) is 18.2 Å². The molecule has 1 rings (SSSR count). The first kappa shape index (κ1) is 16.8. The van der Waals surface area contributed by atoms with Crippen LogP contribution in [0.5, 0.6) is 11.5 Å². The average Bonchev–Trinajstić information content (AvgIpc) is 2.38. The normalized spacial score (nSPS) is 13.4. The lowest BCUT2D eigenvalue weighted by atomic mass is 9.86. The molecule has 1 unspecified atom stereocenters. The molecule has 0 aromatic heterocycles. The zero-order chi connectivity index (χ0) is 15.3. The highest BCUT2D eigenvalue weighted by Gasteiger charge is 2.28. The number of rotatable bonds is 6. The van der Waals surface area contributed by atoms with E-state index in [0.29, 0.717) is 0 Å². The van der Waals surface area contributed by atoms with Gasteiger partial charge in [0.2, 0.25) is 0 Å². The fourth-order valence-corrected chi connectivity index (χ4v) is 2.44. The van der Waals surface area contributed by atoms with Gasteiger partial charge in [-0.1, -0.05) is 26.8 Å². The Morgan fingerprint density at radius 2 is 1.85 bits per heavy atom. The van der Waals surface area contributed by atoms with Crippen LogP contribution in [0, 0.1) is 5.41 Å². The SMILES string of the molecule is COc1ccc(CN(C)C(CO)C(C)(C)C)c(OC)c1. The summed E-state index contributed by atoms with van der Waals surface area (Å²) in [7, 11) is 5.32. The quantitative estimate of drug-likeness (QED) is 0.870. The summed E-state index contributed by atoms with van der Waals surface area (Å²) in [5, 5.41) is 9.63. The molecule has 1 aromatic rings. The highest BCUT2D eigenvalue weighted by atomic mass is 16.5. The third-order valence-corrected chi connectivity index (χ3v) is 3.62. The molecule has 1 atom stereocenters. The van der Waals surface area contributed by atoms with Gasteiger partial charge in [-0.15, -0.1) is 0 Å². The molecule has 0 spiro atoms. The maximum absolute atomic E-state index is 9.63. The van der Waals surface area contributed by atoms with Crippen LogP contribution in [0.3, 0.4) is 0 Å². The number of hydrogen-bond acceptors (Lipinski definition) is 4. The molecule has 0 bridgehead atoms. The Bertz CT molecular complexity index is 426. The van der Waals surface area contributed by atoms with Crippen molar-refractivity contribution in [2.75, 3.05) is 27.9 Å². The van der Waals surface area contributed by atoms with E-state index in [1.165, 1.54) is 0 Å². The molecule has 4 heteroatoms. The number of ether oxygens (including phenoxy) is 2. The molecule has 0 aliphatic heterocycles. The number of likely N-dealkylation sites (N-methyl/N-ethyl adjacent to an activating group) is 1. The molecule has 0 aliphatic rings. The van der Waals surface area contributed by atoms with Gasteiger partial charge >= 0.3 is 0 Å². The maximum atomic E-state index is 9.63. The van der Waals surface area contributed by atoms with E-state index in [0.717, 1.165) is 23.6 Å². The fraction of sp³-hybridized carbons (Fsp3) is 0.625. The summed E-state index contributed by atoms with van der Waals surface area (Å²) in [5.41, 5.74) is 1.10. The van der Waals surface area contributed by atoms with Crippen molar-refractivity contribution in [3.63, 3.8) is 0 Å². The van der Waals surface area contributed by atoms with Crippen molar-refractivity contribution >= 4 is 0 Å². The number of nitrogens with zero attached hydrogens (tertiary/aromatic N) is 1. The first-order valence-corrected chi connectivity index (χ1v) is 6.85. The Morgan fingerprint density at radius 3 is 2.30 bits per heavy atom. The Labute approximate surface area is 122 Å². The Morgan fingerprint density at radius 1 is 1.20 bits per heavy atom. The van der Waals surface area contributed by atoms with Gasteiger partial charge in [-0.2, -0.15) is 0 Å². The molecular weight excluding hydrogens is 254 g/mol. The van der Waals surface area contributed by atoms with Gasteiger partial charge in [-0.3, -0.25) is 4.90 Å². The van der Waals surface area contributed by atoms with Gasteiger partial charge in [-0.05, 0) is 18.5 Å². The zero-order valence-corrected chi connectivity index (χ0v) is 13.4. The molecule has 0 radical (unpaired) electrons. The van der Waals surface area contributed by atoms with Crippen molar-refractivity contribution in [1.82, 2.24) is 4.90 Å². The summed E-state index contributed by atoms with van der Waals surface area (Å²) in [5.74, 6) is 1.59. The second-order valence-electron chi connectivity index (χ2n) is 6.16. The standard InChI is InChI=1S/C16H27NO3/c1-16(2,3)15(11-18)17(4)10-12-7-8-13(19-5)9-14(12)20-6/h7-9,15,18H,10-11H2,1-6H3. The first-order chi connectivity index (χ1) is 9.33.